The average molecular weight is 375 g/mol. The van der Waals surface area contributed by atoms with E-state index in [0.717, 1.165) is 35.5 Å². The van der Waals surface area contributed by atoms with Gasteiger partial charge in [-0.25, -0.2) is 0 Å². The lowest BCUT2D eigenvalue weighted by Gasteiger charge is -2.26. The summed E-state index contributed by atoms with van der Waals surface area (Å²) in [5.41, 5.74) is 3.29. The Morgan fingerprint density at radius 2 is 2.08 bits per heavy atom. The Morgan fingerprint density at radius 1 is 1.28 bits per heavy atom. The van der Waals surface area contributed by atoms with E-state index < -0.39 is 0 Å². The number of rotatable bonds is 3. The fourth-order valence-corrected chi connectivity index (χ4v) is 3.36. The summed E-state index contributed by atoms with van der Waals surface area (Å²) in [6, 6.07) is 9.34. The topological polar surface area (TPSA) is 77.9 Å². The van der Waals surface area contributed by atoms with Crippen LogP contribution in [0.5, 0.6) is 0 Å². The minimum atomic E-state index is -0.120. The van der Waals surface area contributed by atoms with E-state index >= 15 is 0 Å². The van der Waals surface area contributed by atoms with Gasteiger partial charge in [-0.15, -0.1) is 0 Å². The number of benzene rings is 1. The summed E-state index contributed by atoms with van der Waals surface area (Å²) >= 11 is 10.9. The van der Waals surface area contributed by atoms with Crippen LogP contribution in [0.3, 0.4) is 0 Å². The molecule has 0 radical (unpaired) electrons. The molecule has 3 heterocycles. The molecule has 0 aliphatic carbocycles. The second kappa shape index (κ2) is 6.59. The highest BCUT2D eigenvalue weighted by Gasteiger charge is 2.21. The van der Waals surface area contributed by atoms with E-state index in [1.54, 1.807) is 0 Å². The lowest BCUT2D eigenvalue weighted by molar-refractivity contribution is 0.234. The number of hydrogen-bond acceptors (Lipinski definition) is 5. The Hall–Kier alpha value is -2.22. The van der Waals surface area contributed by atoms with Crippen molar-refractivity contribution < 1.29 is 4.52 Å². The summed E-state index contributed by atoms with van der Waals surface area (Å²) in [4.78, 5) is 20.0. The molecule has 4 rings (SSSR count). The molecule has 0 saturated carbocycles. The number of aromatic amines is 2. The number of halogens is 1. The largest absolute Gasteiger partial charge is 0.356 e. The molecule has 0 spiro atoms. The third-order valence-electron chi connectivity index (χ3n) is 4.26. The second-order valence-corrected chi connectivity index (χ2v) is 6.86. The summed E-state index contributed by atoms with van der Waals surface area (Å²) in [5.74, 6) is 0.700. The first-order valence-electron chi connectivity index (χ1n) is 7.87. The van der Waals surface area contributed by atoms with E-state index in [9.17, 15) is 4.79 Å². The van der Waals surface area contributed by atoms with Gasteiger partial charge in [0, 0.05) is 48.4 Å². The van der Waals surface area contributed by atoms with Gasteiger partial charge in [-0.05, 0) is 36.5 Å². The molecule has 128 valence electrons. The molecule has 6 nitrogen and oxygen atoms in total. The van der Waals surface area contributed by atoms with E-state index in [2.05, 4.69) is 20.0 Å². The summed E-state index contributed by atoms with van der Waals surface area (Å²) in [7, 11) is 0. The molecule has 1 aliphatic heterocycles. The number of hydrogen-bond donors (Lipinski definition) is 2. The Kier molecular flexibility index (Phi) is 4.29. The highest BCUT2D eigenvalue weighted by molar-refractivity contribution is 7.71. The van der Waals surface area contributed by atoms with E-state index in [0.29, 0.717) is 28.6 Å². The van der Waals surface area contributed by atoms with Gasteiger partial charge in [-0.3, -0.25) is 14.7 Å². The Balaban J connectivity index is 1.51. The molecular weight excluding hydrogens is 360 g/mol. The zero-order valence-corrected chi connectivity index (χ0v) is 14.8. The van der Waals surface area contributed by atoms with Gasteiger partial charge >= 0.3 is 0 Å². The van der Waals surface area contributed by atoms with Crippen molar-refractivity contribution in [3.05, 3.63) is 67.4 Å². The predicted molar refractivity (Wildman–Crippen MR) is 97.0 cm³/mol. The molecule has 25 heavy (non-hydrogen) atoms. The maximum Gasteiger partial charge on any atom is 0.256 e. The van der Waals surface area contributed by atoms with Crippen molar-refractivity contribution in [2.24, 2.45) is 0 Å². The first-order valence-corrected chi connectivity index (χ1v) is 8.65. The van der Waals surface area contributed by atoms with Crippen LogP contribution in [0, 0.1) is 4.77 Å². The molecule has 0 fully saturated rings. The zero-order chi connectivity index (χ0) is 17.4. The van der Waals surface area contributed by atoms with Crippen molar-refractivity contribution >= 4 is 23.8 Å². The van der Waals surface area contributed by atoms with Crippen molar-refractivity contribution in [3.8, 4) is 11.3 Å². The number of nitrogens with zero attached hydrogens (tertiary/aromatic N) is 2. The van der Waals surface area contributed by atoms with Gasteiger partial charge in [0.2, 0.25) is 0 Å². The third kappa shape index (κ3) is 3.44. The van der Waals surface area contributed by atoms with E-state index in [1.165, 1.54) is 0 Å². The lowest BCUT2D eigenvalue weighted by atomic mass is 10.1. The van der Waals surface area contributed by atoms with Crippen LogP contribution in [0.15, 0.2) is 39.6 Å². The average Bonchev–Trinajstić information content (AvgIpc) is 3.04. The van der Waals surface area contributed by atoms with Crippen LogP contribution in [0.1, 0.15) is 17.0 Å². The van der Waals surface area contributed by atoms with Crippen LogP contribution in [0.25, 0.3) is 11.3 Å². The first kappa shape index (κ1) is 16.3. The minimum Gasteiger partial charge on any atom is -0.356 e. The Bertz CT molecular complexity index is 1020. The molecule has 0 amide bonds. The highest BCUT2D eigenvalue weighted by Crippen LogP contribution is 2.23. The fourth-order valence-electron chi connectivity index (χ4n) is 3.01. The van der Waals surface area contributed by atoms with Crippen LogP contribution in [-0.4, -0.2) is 26.6 Å². The summed E-state index contributed by atoms with van der Waals surface area (Å²) in [6.07, 6.45) is 0.755. The normalized spacial score (nSPS) is 14.4. The standard InChI is InChI=1S/C17H15ClN4O2S/c18-11-3-1-10(2-4-11)15-7-12(21-24-15)8-22-6-5-14-13(9-22)16(23)20-17(25)19-14/h1-4,7H,5-6,8-9H2,(H2,19,20,23,25). The van der Waals surface area contributed by atoms with Crippen molar-refractivity contribution in [1.82, 2.24) is 20.0 Å². The molecule has 2 aromatic heterocycles. The smallest absolute Gasteiger partial charge is 0.256 e. The summed E-state index contributed by atoms with van der Waals surface area (Å²) in [6.45, 7) is 2.00. The van der Waals surface area contributed by atoms with Gasteiger partial charge in [0.05, 0.1) is 11.3 Å². The monoisotopic (exact) mass is 374 g/mol. The maximum absolute atomic E-state index is 12.1. The Labute approximate surface area is 153 Å². The van der Waals surface area contributed by atoms with Crippen molar-refractivity contribution in [2.75, 3.05) is 6.54 Å². The van der Waals surface area contributed by atoms with Crippen LogP contribution < -0.4 is 5.56 Å². The summed E-state index contributed by atoms with van der Waals surface area (Å²) in [5, 5.41) is 4.82. The van der Waals surface area contributed by atoms with Crippen molar-refractivity contribution in [1.29, 1.82) is 0 Å². The molecular formula is C17H15ClN4O2S. The molecule has 1 aliphatic rings. The number of nitrogens with one attached hydrogen (secondary N) is 2. The van der Waals surface area contributed by atoms with Crippen LogP contribution >= 0.6 is 23.8 Å². The van der Waals surface area contributed by atoms with Gasteiger partial charge in [0.15, 0.2) is 10.5 Å². The van der Waals surface area contributed by atoms with Gasteiger partial charge < -0.3 is 9.51 Å². The van der Waals surface area contributed by atoms with E-state index in [-0.39, 0.29) is 5.56 Å². The molecule has 2 N–H and O–H groups in total. The summed E-state index contributed by atoms with van der Waals surface area (Å²) < 4.78 is 5.81. The predicted octanol–water partition coefficient (Wildman–Crippen LogP) is 3.30. The second-order valence-electron chi connectivity index (χ2n) is 6.02. The number of aromatic nitrogens is 3. The van der Waals surface area contributed by atoms with Crippen molar-refractivity contribution in [3.63, 3.8) is 0 Å². The molecule has 3 aromatic rings. The van der Waals surface area contributed by atoms with Crippen molar-refractivity contribution in [2.45, 2.75) is 19.5 Å². The quantitative estimate of drug-likeness (QED) is 0.688. The third-order valence-corrected chi connectivity index (χ3v) is 4.72. The molecule has 0 atom stereocenters. The Morgan fingerprint density at radius 3 is 2.88 bits per heavy atom. The molecule has 8 heteroatoms. The van der Waals surface area contributed by atoms with Gasteiger partial charge in [0.1, 0.15) is 0 Å². The zero-order valence-electron chi connectivity index (χ0n) is 13.2. The molecule has 0 saturated heterocycles. The van der Waals surface area contributed by atoms with Gasteiger partial charge in [-0.1, -0.05) is 16.8 Å². The van der Waals surface area contributed by atoms with E-state index in [4.69, 9.17) is 28.3 Å². The number of fused-ring (bicyclic) bond motifs is 1. The highest BCUT2D eigenvalue weighted by atomic mass is 35.5. The SMILES string of the molecule is O=c1[nH]c(=S)[nH]c2c1CN(Cc1cc(-c3ccc(Cl)cc3)on1)CC2. The molecule has 1 aromatic carbocycles. The van der Waals surface area contributed by atoms with E-state index in [1.807, 2.05) is 30.3 Å². The molecule has 0 unspecified atom stereocenters. The minimum absolute atomic E-state index is 0.120. The number of H-pyrrole nitrogens is 2. The molecule has 0 bridgehead atoms. The maximum atomic E-state index is 12.1. The van der Waals surface area contributed by atoms with Gasteiger partial charge in [-0.2, -0.15) is 0 Å². The van der Waals surface area contributed by atoms with Crippen LogP contribution in [0.2, 0.25) is 5.02 Å². The van der Waals surface area contributed by atoms with Gasteiger partial charge in [0.25, 0.3) is 5.56 Å². The fraction of sp³-hybridized carbons (Fsp3) is 0.235. The van der Waals surface area contributed by atoms with Crippen LogP contribution in [0.4, 0.5) is 0 Å². The first-order chi connectivity index (χ1) is 12.1. The van der Waals surface area contributed by atoms with Crippen LogP contribution in [-0.2, 0) is 19.5 Å². The lowest BCUT2D eigenvalue weighted by Crippen LogP contribution is -2.35.